The van der Waals surface area contributed by atoms with Crippen molar-refractivity contribution in [3.8, 4) is 0 Å². The number of anilines is 2. The minimum atomic E-state index is -4.61. The highest BCUT2D eigenvalue weighted by Crippen LogP contribution is 2.36. The quantitative estimate of drug-likeness (QED) is 0.671. The molecular weight excluding hydrogens is 351 g/mol. The van der Waals surface area contributed by atoms with Crippen molar-refractivity contribution in [3.63, 3.8) is 0 Å². The van der Waals surface area contributed by atoms with E-state index in [1.807, 2.05) is 0 Å². The average Bonchev–Trinajstić information content (AvgIpc) is 2.95. The first-order chi connectivity index (χ1) is 12.1. The number of hydrogen-bond acceptors (Lipinski definition) is 4. The second-order valence-corrected chi connectivity index (χ2v) is 5.84. The van der Waals surface area contributed by atoms with E-state index in [1.54, 1.807) is 25.1 Å². The number of aryl methyl sites for hydroxylation is 1. The van der Waals surface area contributed by atoms with Crippen LogP contribution in [0.5, 0.6) is 0 Å². The first kappa shape index (κ1) is 17.6. The van der Waals surface area contributed by atoms with Crippen LogP contribution in [0.2, 0.25) is 0 Å². The lowest BCUT2D eigenvalue weighted by Crippen LogP contribution is -2.63. The Kier molecular flexibility index (Phi) is 4.02. The fraction of sp³-hybridized carbons (Fsp3) is 0.176. The monoisotopic (exact) mass is 365 g/mol. The number of aliphatic carboxylic acids is 1. The van der Waals surface area contributed by atoms with Crippen molar-refractivity contribution in [2.45, 2.75) is 18.9 Å². The van der Waals surface area contributed by atoms with Gasteiger partial charge in [0.25, 0.3) is 11.7 Å². The zero-order valence-corrected chi connectivity index (χ0v) is 13.4. The number of halogens is 3. The first-order valence-corrected chi connectivity index (χ1v) is 7.51. The standard InChI is InChI=1S/C17H14F3N3O3/c1-9-4-2-7-12-13(9)22-17(21-12,15(25)26)23-14(24)10-5-3-6-11(8-10)16(18,19)20/h2-8,21-22H,1H3,(H,23,24)(H,25,26). The second kappa shape index (κ2) is 5.94. The van der Waals surface area contributed by atoms with E-state index < -0.39 is 29.4 Å². The second-order valence-electron chi connectivity index (χ2n) is 5.84. The number of para-hydroxylation sites is 1. The highest BCUT2D eigenvalue weighted by Gasteiger charge is 2.46. The molecule has 9 heteroatoms. The lowest BCUT2D eigenvalue weighted by Gasteiger charge is -2.27. The number of amides is 1. The van der Waals surface area contributed by atoms with Crippen LogP contribution < -0.4 is 16.0 Å². The van der Waals surface area contributed by atoms with E-state index in [0.717, 1.165) is 17.7 Å². The molecule has 26 heavy (non-hydrogen) atoms. The van der Waals surface area contributed by atoms with Crippen LogP contribution >= 0.6 is 0 Å². The van der Waals surface area contributed by atoms with E-state index in [4.69, 9.17) is 0 Å². The Morgan fingerprint density at radius 2 is 1.81 bits per heavy atom. The van der Waals surface area contributed by atoms with Gasteiger partial charge in [-0.1, -0.05) is 18.2 Å². The molecule has 0 radical (unpaired) electrons. The van der Waals surface area contributed by atoms with E-state index >= 15 is 0 Å². The number of carbonyl (C=O) groups excluding carboxylic acids is 1. The number of fused-ring (bicyclic) bond motifs is 1. The molecule has 0 aromatic heterocycles. The molecule has 136 valence electrons. The van der Waals surface area contributed by atoms with Crippen molar-refractivity contribution in [3.05, 3.63) is 59.2 Å². The SMILES string of the molecule is Cc1cccc2c1NC(NC(=O)c1cccc(C(F)(F)F)c1)(C(=O)O)N2. The molecule has 0 fully saturated rings. The number of alkyl halides is 3. The summed E-state index contributed by atoms with van der Waals surface area (Å²) in [6.07, 6.45) is -4.61. The topological polar surface area (TPSA) is 90.5 Å². The van der Waals surface area contributed by atoms with Crippen LogP contribution in [-0.4, -0.2) is 22.8 Å². The van der Waals surface area contributed by atoms with Crippen molar-refractivity contribution < 1.29 is 27.9 Å². The summed E-state index contributed by atoms with van der Waals surface area (Å²) in [5.74, 6) is -4.47. The number of benzene rings is 2. The van der Waals surface area contributed by atoms with E-state index in [-0.39, 0.29) is 5.56 Å². The zero-order valence-electron chi connectivity index (χ0n) is 13.4. The zero-order chi connectivity index (χ0) is 19.1. The van der Waals surface area contributed by atoms with Gasteiger partial charge >= 0.3 is 12.1 Å². The number of nitrogens with one attached hydrogen (secondary N) is 3. The van der Waals surface area contributed by atoms with Gasteiger partial charge in [0.1, 0.15) is 0 Å². The molecule has 0 saturated carbocycles. The molecule has 2 aromatic carbocycles. The molecule has 1 atom stereocenters. The third kappa shape index (κ3) is 3.03. The van der Waals surface area contributed by atoms with E-state index in [9.17, 15) is 27.9 Å². The molecular formula is C17H14F3N3O3. The summed E-state index contributed by atoms with van der Waals surface area (Å²) in [7, 11) is 0. The molecule has 6 nitrogen and oxygen atoms in total. The molecule has 1 amide bonds. The maximum absolute atomic E-state index is 12.8. The molecule has 1 aliphatic heterocycles. The van der Waals surface area contributed by atoms with E-state index in [1.165, 1.54) is 6.07 Å². The molecule has 2 aromatic rings. The van der Waals surface area contributed by atoms with Crippen molar-refractivity contribution in [1.29, 1.82) is 0 Å². The highest BCUT2D eigenvalue weighted by atomic mass is 19.4. The lowest BCUT2D eigenvalue weighted by atomic mass is 10.1. The lowest BCUT2D eigenvalue weighted by molar-refractivity contribution is -0.142. The molecule has 0 bridgehead atoms. The minimum absolute atomic E-state index is 0.309. The van der Waals surface area contributed by atoms with Crippen LogP contribution in [0.3, 0.4) is 0 Å². The Labute approximate surface area is 146 Å². The van der Waals surface area contributed by atoms with Crippen LogP contribution in [0.15, 0.2) is 42.5 Å². The van der Waals surface area contributed by atoms with Crippen LogP contribution in [0.4, 0.5) is 24.5 Å². The first-order valence-electron chi connectivity index (χ1n) is 7.51. The molecule has 1 aliphatic rings. The van der Waals surface area contributed by atoms with Crippen LogP contribution in [-0.2, 0) is 11.0 Å². The Hall–Kier alpha value is -3.23. The third-order valence-electron chi connectivity index (χ3n) is 3.98. The summed E-state index contributed by atoms with van der Waals surface area (Å²) in [5, 5.41) is 17.2. The normalized spacial score (nSPS) is 18.5. The number of hydrogen-bond donors (Lipinski definition) is 4. The summed E-state index contributed by atoms with van der Waals surface area (Å²) in [6, 6.07) is 8.83. The van der Waals surface area contributed by atoms with Crippen molar-refractivity contribution in [2.24, 2.45) is 0 Å². The van der Waals surface area contributed by atoms with Gasteiger partial charge < -0.3 is 21.1 Å². The van der Waals surface area contributed by atoms with Crippen molar-refractivity contribution >= 4 is 23.3 Å². The molecule has 0 aliphatic carbocycles. The molecule has 0 spiro atoms. The van der Waals surface area contributed by atoms with Gasteiger partial charge in [0, 0.05) is 5.56 Å². The van der Waals surface area contributed by atoms with Crippen molar-refractivity contribution in [1.82, 2.24) is 5.32 Å². The molecule has 1 unspecified atom stereocenters. The smallest absolute Gasteiger partial charge is 0.416 e. The fourth-order valence-electron chi connectivity index (χ4n) is 2.66. The minimum Gasteiger partial charge on any atom is -0.477 e. The van der Waals surface area contributed by atoms with Gasteiger partial charge in [-0.05, 0) is 36.8 Å². The summed E-state index contributed by atoms with van der Waals surface area (Å²) >= 11 is 0. The predicted octanol–water partition coefficient (Wildman–Crippen LogP) is 3.02. The maximum atomic E-state index is 12.8. The number of rotatable bonds is 3. The Morgan fingerprint density at radius 3 is 2.42 bits per heavy atom. The Bertz CT molecular complexity index is 898. The maximum Gasteiger partial charge on any atom is 0.416 e. The number of carboxylic acid groups (broad SMARTS) is 1. The largest absolute Gasteiger partial charge is 0.477 e. The van der Waals surface area contributed by atoms with Gasteiger partial charge in [0.15, 0.2) is 0 Å². The Morgan fingerprint density at radius 1 is 1.12 bits per heavy atom. The van der Waals surface area contributed by atoms with Gasteiger partial charge in [-0.2, -0.15) is 13.2 Å². The Balaban J connectivity index is 1.90. The average molecular weight is 365 g/mol. The van der Waals surface area contributed by atoms with Crippen LogP contribution in [0.25, 0.3) is 0 Å². The van der Waals surface area contributed by atoms with Gasteiger partial charge in [0.05, 0.1) is 16.9 Å². The number of carbonyl (C=O) groups is 2. The van der Waals surface area contributed by atoms with Gasteiger partial charge in [-0.25, -0.2) is 4.79 Å². The molecule has 3 rings (SSSR count). The number of carboxylic acids is 1. The molecule has 4 N–H and O–H groups in total. The van der Waals surface area contributed by atoms with Crippen molar-refractivity contribution in [2.75, 3.05) is 10.6 Å². The van der Waals surface area contributed by atoms with Gasteiger partial charge in [0.2, 0.25) is 0 Å². The molecule has 0 saturated heterocycles. The van der Waals surface area contributed by atoms with Crippen LogP contribution in [0.1, 0.15) is 21.5 Å². The van der Waals surface area contributed by atoms with E-state index in [0.29, 0.717) is 17.4 Å². The summed E-state index contributed by atoms with van der Waals surface area (Å²) in [6.45, 7) is 1.75. The van der Waals surface area contributed by atoms with Crippen LogP contribution in [0, 0.1) is 6.92 Å². The fourth-order valence-corrected chi connectivity index (χ4v) is 2.66. The predicted molar refractivity (Wildman–Crippen MR) is 87.7 cm³/mol. The van der Waals surface area contributed by atoms with Gasteiger partial charge in [-0.3, -0.25) is 4.79 Å². The summed E-state index contributed by atoms with van der Waals surface area (Å²) < 4.78 is 38.4. The highest BCUT2D eigenvalue weighted by molar-refractivity contribution is 6.02. The summed E-state index contributed by atoms with van der Waals surface area (Å²) in [4.78, 5) is 24.2. The molecule has 1 heterocycles. The van der Waals surface area contributed by atoms with Gasteiger partial charge in [-0.15, -0.1) is 0 Å². The van der Waals surface area contributed by atoms with E-state index in [2.05, 4.69) is 16.0 Å². The summed E-state index contributed by atoms with van der Waals surface area (Å²) in [5.41, 5.74) is 0.375. The third-order valence-corrected chi connectivity index (χ3v) is 3.98.